The molecule has 0 bridgehead atoms. The van der Waals surface area contributed by atoms with E-state index in [4.69, 9.17) is 23.7 Å². The van der Waals surface area contributed by atoms with Crippen LogP contribution in [0.5, 0.6) is 0 Å². The number of nitrogens with one attached hydrogen (secondary N) is 2. The monoisotopic (exact) mass is 988 g/mol. The molecule has 15 heteroatoms. The summed E-state index contributed by atoms with van der Waals surface area (Å²) in [7, 11) is 0. The van der Waals surface area contributed by atoms with E-state index in [0.717, 1.165) is 32.9 Å². The predicted molar refractivity (Wildman–Crippen MR) is 279 cm³/mol. The van der Waals surface area contributed by atoms with E-state index in [-0.39, 0.29) is 58.0 Å². The maximum Gasteiger partial charge on any atom is 0.324 e. The molecule has 4 aromatic rings. The maximum absolute atomic E-state index is 14.6. The van der Waals surface area contributed by atoms with Gasteiger partial charge in [0, 0.05) is 73.2 Å². The van der Waals surface area contributed by atoms with Crippen LogP contribution in [0.2, 0.25) is 0 Å². The number of H-pyrrole nitrogens is 2. The van der Waals surface area contributed by atoms with Gasteiger partial charge in [-0.15, -0.1) is 0 Å². The first-order valence-corrected chi connectivity index (χ1v) is 25.2. The zero-order chi connectivity index (χ0) is 53.3. The molecule has 0 saturated heterocycles. The minimum atomic E-state index is -0.970. The fourth-order valence-corrected chi connectivity index (χ4v) is 8.48. The van der Waals surface area contributed by atoms with Crippen molar-refractivity contribution >= 4 is 51.7 Å². The second-order valence-corrected chi connectivity index (χ2v) is 23.7. The van der Waals surface area contributed by atoms with Crippen LogP contribution in [0.25, 0.3) is 21.8 Å². The van der Waals surface area contributed by atoms with Crippen molar-refractivity contribution in [2.24, 2.45) is 5.92 Å². The number of hydrogen-bond donors (Lipinski definition) is 2. The number of carbonyl (C=O) groups is 5. The van der Waals surface area contributed by atoms with Crippen molar-refractivity contribution in [1.82, 2.24) is 24.7 Å². The van der Waals surface area contributed by atoms with Crippen LogP contribution in [0.3, 0.4) is 0 Å². The molecular formula is C56H85N5O10. The molecule has 2 aromatic heterocycles. The molecule has 0 aliphatic rings. The van der Waals surface area contributed by atoms with Gasteiger partial charge in [0.15, 0.2) is 0 Å². The lowest BCUT2D eigenvalue weighted by molar-refractivity contribution is -0.168. The first-order valence-electron chi connectivity index (χ1n) is 25.2. The molecule has 0 saturated carbocycles. The quantitative estimate of drug-likeness (QED) is 0.0564. The minimum Gasteiger partial charge on any atom is -0.459 e. The number of esters is 5. The van der Waals surface area contributed by atoms with Crippen molar-refractivity contribution < 1.29 is 47.7 Å². The van der Waals surface area contributed by atoms with Crippen molar-refractivity contribution in [2.45, 2.75) is 183 Å². The number of aromatic amines is 2. The largest absolute Gasteiger partial charge is 0.459 e. The van der Waals surface area contributed by atoms with Crippen molar-refractivity contribution in [1.29, 1.82) is 0 Å². The lowest BCUT2D eigenvalue weighted by Gasteiger charge is -2.40. The molecule has 0 fully saturated rings. The summed E-state index contributed by atoms with van der Waals surface area (Å²) in [6, 6.07) is 12.9. The highest BCUT2D eigenvalue weighted by atomic mass is 16.6. The Morgan fingerprint density at radius 1 is 0.479 bits per heavy atom. The third-order valence-corrected chi connectivity index (χ3v) is 11.5. The molecule has 2 N–H and O–H groups in total. The van der Waals surface area contributed by atoms with Crippen molar-refractivity contribution in [3.8, 4) is 0 Å². The zero-order valence-electron chi connectivity index (χ0n) is 45.9. The van der Waals surface area contributed by atoms with Crippen molar-refractivity contribution in [2.75, 3.05) is 39.3 Å². The molecule has 394 valence electrons. The second kappa shape index (κ2) is 24.0. The van der Waals surface area contributed by atoms with E-state index < -0.39 is 76.0 Å². The predicted octanol–water partition coefficient (Wildman–Crippen LogP) is 9.20. The summed E-state index contributed by atoms with van der Waals surface area (Å²) in [4.78, 5) is 83.9. The SMILES string of the molecule is CC[C@H](C)[C@@H](C(=O)OC(C)(C)C)N(CCN(CC(=O)OC(C)(C)C)[C@@H](Cc1c[nH]c2ccccc12)C(=O)OC(C)(C)C)CCN(CC(=O)OC(C)(C)C)[C@@H](Cc1c[nH]c2ccccc12)C(=O)OC(C)(C)C. The van der Waals surface area contributed by atoms with E-state index >= 15 is 0 Å². The number of hydrogen-bond acceptors (Lipinski definition) is 13. The molecule has 4 atom stereocenters. The summed E-state index contributed by atoms with van der Waals surface area (Å²) < 4.78 is 30.1. The first-order chi connectivity index (χ1) is 32.7. The number of carbonyl (C=O) groups excluding carboxylic acids is 5. The van der Waals surface area contributed by atoms with Crippen molar-refractivity contribution in [3.63, 3.8) is 0 Å². The molecule has 0 radical (unpaired) electrons. The number of rotatable bonds is 22. The molecule has 71 heavy (non-hydrogen) atoms. The maximum atomic E-state index is 14.6. The van der Waals surface area contributed by atoms with Gasteiger partial charge in [-0.3, -0.25) is 38.7 Å². The summed E-state index contributed by atoms with van der Waals surface area (Å²) in [6.07, 6.45) is 4.73. The molecule has 4 rings (SSSR count). The number of fused-ring (bicyclic) bond motifs is 2. The lowest BCUT2D eigenvalue weighted by Crippen LogP contribution is -2.56. The molecule has 15 nitrogen and oxygen atoms in total. The van der Waals surface area contributed by atoms with Gasteiger partial charge in [0.25, 0.3) is 0 Å². The van der Waals surface area contributed by atoms with Gasteiger partial charge in [0.2, 0.25) is 0 Å². The van der Waals surface area contributed by atoms with Crippen LogP contribution < -0.4 is 0 Å². The topological polar surface area (TPSA) is 173 Å². The van der Waals surface area contributed by atoms with Crippen LogP contribution in [-0.2, 0) is 60.5 Å². The fourth-order valence-electron chi connectivity index (χ4n) is 8.48. The van der Waals surface area contributed by atoms with E-state index in [0.29, 0.717) is 6.42 Å². The van der Waals surface area contributed by atoms with E-state index in [1.165, 1.54) is 0 Å². The molecule has 2 heterocycles. The summed E-state index contributed by atoms with van der Waals surface area (Å²) in [5.74, 6) is -2.82. The average Bonchev–Trinajstić information content (AvgIpc) is 3.82. The Hall–Kier alpha value is -5.25. The van der Waals surface area contributed by atoms with Gasteiger partial charge in [-0.25, -0.2) is 0 Å². The Morgan fingerprint density at radius 3 is 1.14 bits per heavy atom. The van der Waals surface area contributed by atoms with Crippen LogP contribution in [0.1, 0.15) is 135 Å². The van der Waals surface area contributed by atoms with Crippen LogP contribution in [0.4, 0.5) is 0 Å². The van der Waals surface area contributed by atoms with E-state index in [2.05, 4.69) is 9.97 Å². The average molecular weight is 988 g/mol. The molecule has 0 aliphatic heterocycles. The van der Waals surface area contributed by atoms with Crippen LogP contribution in [-0.4, -0.2) is 140 Å². The zero-order valence-corrected chi connectivity index (χ0v) is 45.9. The van der Waals surface area contributed by atoms with Gasteiger partial charge in [0.05, 0.1) is 13.1 Å². The Morgan fingerprint density at radius 2 is 0.803 bits per heavy atom. The van der Waals surface area contributed by atoms with Gasteiger partial charge in [-0.05, 0) is 133 Å². The Kier molecular flexibility index (Phi) is 19.7. The lowest BCUT2D eigenvalue weighted by atomic mass is 9.96. The van der Waals surface area contributed by atoms with Gasteiger partial charge >= 0.3 is 29.8 Å². The van der Waals surface area contributed by atoms with Crippen LogP contribution in [0.15, 0.2) is 60.9 Å². The van der Waals surface area contributed by atoms with E-state index in [1.807, 2.05) is 100 Å². The van der Waals surface area contributed by atoms with E-state index in [1.54, 1.807) is 92.9 Å². The normalized spacial score (nSPS) is 14.6. The summed E-state index contributed by atoms with van der Waals surface area (Å²) in [5.41, 5.74) is -0.671. The highest BCUT2D eigenvalue weighted by Crippen LogP contribution is 2.27. The van der Waals surface area contributed by atoms with Gasteiger partial charge in [-0.2, -0.15) is 0 Å². The minimum absolute atomic E-state index is 0.0954. The number of benzene rings is 2. The standard InChI is InChI=1S/C56H85N5O10/c1-18-37(2)48(51(66)71-56(15,16)17)59(27-29-60(35-46(62)67-52(3,4)5)44(49(64)69-54(9,10)11)31-38-33-57-42-25-21-19-23-40(38)42)28-30-61(36-47(63)68-53(6,7)8)45(50(65)70-55(12,13)14)32-39-34-58-43-26-22-20-24-41(39)43/h19-26,33-34,37,44-45,48,57-58H,18,27-32,35-36H2,1-17H3/t37-,44-,45-,48-/m0/s1. The second-order valence-electron chi connectivity index (χ2n) is 23.7. The van der Waals surface area contributed by atoms with Gasteiger partial charge < -0.3 is 33.7 Å². The Balaban J connectivity index is 1.89. The Bertz CT molecular complexity index is 2260. The third-order valence-electron chi connectivity index (χ3n) is 11.5. The summed E-state index contributed by atoms with van der Waals surface area (Å²) >= 11 is 0. The molecule has 0 aliphatic carbocycles. The number of para-hydroxylation sites is 2. The Labute approximate surface area is 423 Å². The highest BCUT2D eigenvalue weighted by molar-refractivity contribution is 5.86. The van der Waals surface area contributed by atoms with Gasteiger partial charge in [0.1, 0.15) is 46.1 Å². The molecular weight excluding hydrogens is 903 g/mol. The van der Waals surface area contributed by atoms with E-state index in [9.17, 15) is 24.0 Å². The number of aromatic nitrogens is 2. The number of nitrogens with zero attached hydrogens (tertiary/aromatic N) is 3. The molecule has 0 amide bonds. The summed E-state index contributed by atoms with van der Waals surface area (Å²) in [5, 5.41) is 1.86. The first kappa shape index (κ1) is 58.3. The molecule has 2 aromatic carbocycles. The number of ether oxygens (including phenoxy) is 5. The smallest absolute Gasteiger partial charge is 0.324 e. The van der Waals surface area contributed by atoms with Crippen LogP contribution in [0, 0.1) is 5.92 Å². The third kappa shape index (κ3) is 19.0. The highest BCUT2D eigenvalue weighted by Gasteiger charge is 2.40. The fraction of sp³-hybridized carbons (Fsp3) is 0.625. The van der Waals surface area contributed by atoms with Gasteiger partial charge in [-0.1, -0.05) is 56.7 Å². The van der Waals surface area contributed by atoms with Crippen molar-refractivity contribution in [3.05, 3.63) is 72.1 Å². The molecule has 0 unspecified atom stereocenters. The van der Waals surface area contributed by atoms with Crippen LogP contribution >= 0.6 is 0 Å². The summed E-state index contributed by atoms with van der Waals surface area (Å²) in [6.45, 7) is 30.9. The molecule has 0 spiro atoms.